The number of ether oxygens (including phenoxy) is 2. The van der Waals surface area contributed by atoms with Crippen molar-refractivity contribution in [2.75, 3.05) is 6.61 Å². The van der Waals surface area contributed by atoms with Crippen molar-refractivity contribution in [3.63, 3.8) is 0 Å². The van der Waals surface area contributed by atoms with Gasteiger partial charge in [0.15, 0.2) is 6.10 Å². The predicted octanol–water partition coefficient (Wildman–Crippen LogP) is 4.07. The summed E-state index contributed by atoms with van der Waals surface area (Å²) in [7, 11) is 0. The second kappa shape index (κ2) is 5.98. The number of allylic oxidation sites excluding steroid dienone is 2. The molecule has 1 aliphatic rings. The van der Waals surface area contributed by atoms with Crippen molar-refractivity contribution in [3.05, 3.63) is 11.8 Å². The molecule has 0 radical (unpaired) electrons. The van der Waals surface area contributed by atoms with E-state index in [1.165, 1.54) is 0 Å². The highest BCUT2D eigenvalue weighted by Gasteiger charge is 2.43. The van der Waals surface area contributed by atoms with Crippen LogP contribution in [0.25, 0.3) is 0 Å². The summed E-state index contributed by atoms with van der Waals surface area (Å²) in [6.07, 6.45) is 4.36. The van der Waals surface area contributed by atoms with Crippen molar-refractivity contribution < 1.29 is 14.3 Å². The van der Waals surface area contributed by atoms with E-state index in [2.05, 4.69) is 34.6 Å². The van der Waals surface area contributed by atoms with Crippen LogP contribution in [0.1, 0.15) is 60.8 Å². The van der Waals surface area contributed by atoms with Gasteiger partial charge in [0.2, 0.25) is 0 Å². The molecular formula is C16H28O3. The average molecular weight is 268 g/mol. The maximum atomic E-state index is 11.6. The normalized spacial score (nSPS) is 24.0. The predicted molar refractivity (Wildman–Crippen MR) is 76.7 cm³/mol. The SMILES string of the molecule is C/C=C(\OC1CCOC1=O)C(C)(CCC)C(C)(C)C. The summed E-state index contributed by atoms with van der Waals surface area (Å²) < 4.78 is 11.0. The minimum atomic E-state index is -0.426. The van der Waals surface area contributed by atoms with Crippen molar-refractivity contribution >= 4 is 5.97 Å². The van der Waals surface area contributed by atoms with Gasteiger partial charge < -0.3 is 9.47 Å². The molecule has 0 amide bonds. The summed E-state index contributed by atoms with van der Waals surface area (Å²) in [4.78, 5) is 11.6. The number of carbonyl (C=O) groups is 1. The van der Waals surface area contributed by atoms with Gasteiger partial charge in [0.1, 0.15) is 0 Å². The highest BCUT2D eigenvalue weighted by atomic mass is 16.6. The Hall–Kier alpha value is -0.990. The highest BCUT2D eigenvalue weighted by Crippen LogP contribution is 2.48. The lowest BCUT2D eigenvalue weighted by Gasteiger charge is -2.43. The molecule has 0 N–H and O–H groups in total. The fraction of sp³-hybridized carbons (Fsp3) is 0.812. The first-order valence-electron chi connectivity index (χ1n) is 7.26. The van der Waals surface area contributed by atoms with Gasteiger partial charge in [-0.05, 0) is 24.8 Å². The van der Waals surface area contributed by atoms with Crippen LogP contribution in [0.4, 0.5) is 0 Å². The van der Waals surface area contributed by atoms with Gasteiger partial charge in [0, 0.05) is 11.8 Å². The molecule has 3 heteroatoms. The van der Waals surface area contributed by atoms with Gasteiger partial charge in [-0.15, -0.1) is 0 Å². The van der Waals surface area contributed by atoms with Crippen LogP contribution in [0, 0.1) is 10.8 Å². The smallest absolute Gasteiger partial charge is 0.347 e. The first-order chi connectivity index (χ1) is 8.76. The lowest BCUT2D eigenvalue weighted by atomic mass is 9.64. The van der Waals surface area contributed by atoms with Crippen molar-refractivity contribution in [3.8, 4) is 0 Å². The lowest BCUT2D eigenvalue weighted by Crippen LogP contribution is -2.37. The van der Waals surface area contributed by atoms with Crippen LogP contribution in [-0.4, -0.2) is 18.7 Å². The van der Waals surface area contributed by atoms with Crippen LogP contribution in [-0.2, 0) is 14.3 Å². The zero-order valence-electron chi connectivity index (χ0n) is 13.2. The van der Waals surface area contributed by atoms with Crippen molar-refractivity contribution in [2.24, 2.45) is 10.8 Å². The molecule has 1 saturated heterocycles. The Balaban J connectivity index is 2.95. The Kier molecular flexibility index (Phi) is 5.05. The first-order valence-corrected chi connectivity index (χ1v) is 7.26. The van der Waals surface area contributed by atoms with E-state index in [1.807, 2.05) is 13.0 Å². The fourth-order valence-electron chi connectivity index (χ4n) is 2.62. The van der Waals surface area contributed by atoms with E-state index in [1.54, 1.807) is 0 Å². The molecule has 1 heterocycles. The number of hydrogen-bond acceptors (Lipinski definition) is 3. The molecule has 0 aliphatic carbocycles. The number of rotatable bonds is 5. The number of esters is 1. The monoisotopic (exact) mass is 268 g/mol. The zero-order valence-corrected chi connectivity index (χ0v) is 13.2. The molecule has 0 aromatic rings. The summed E-state index contributed by atoms with van der Waals surface area (Å²) in [5.41, 5.74) is 0.00668. The van der Waals surface area contributed by atoms with E-state index in [4.69, 9.17) is 9.47 Å². The number of cyclic esters (lactones) is 1. The third-order valence-electron chi connectivity index (χ3n) is 4.37. The van der Waals surface area contributed by atoms with Crippen LogP contribution < -0.4 is 0 Å². The Labute approximate surface area is 117 Å². The topological polar surface area (TPSA) is 35.5 Å². The third-order valence-corrected chi connectivity index (χ3v) is 4.37. The summed E-state index contributed by atoms with van der Waals surface area (Å²) in [5, 5.41) is 0. The van der Waals surface area contributed by atoms with E-state index < -0.39 is 6.10 Å². The van der Waals surface area contributed by atoms with Gasteiger partial charge in [-0.25, -0.2) is 4.79 Å². The van der Waals surface area contributed by atoms with Crippen LogP contribution in [0.2, 0.25) is 0 Å². The number of hydrogen-bond donors (Lipinski definition) is 0. The fourth-order valence-corrected chi connectivity index (χ4v) is 2.62. The van der Waals surface area contributed by atoms with Crippen LogP contribution >= 0.6 is 0 Å². The highest BCUT2D eigenvalue weighted by molar-refractivity contribution is 5.76. The molecule has 1 aliphatic heterocycles. The Morgan fingerprint density at radius 2 is 2.05 bits per heavy atom. The van der Waals surface area contributed by atoms with Crippen LogP contribution in [0.5, 0.6) is 0 Å². The van der Waals surface area contributed by atoms with Crippen molar-refractivity contribution in [1.82, 2.24) is 0 Å². The number of carbonyl (C=O) groups excluding carboxylic acids is 1. The van der Waals surface area contributed by atoms with Gasteiger partial charge in [0.25, 0.3) is 0 Å². The molecule has 1 fully saturated rings. The molecule has 3 nitrogen and oxygen atoms in total. The van der Waals surface area contributed by atoms with Gasteiger partial charge in [-0.2, -0.15) is 0 Å². The van der Waals surface area contributed by atoms with Gasteiger partial charge in [-0.3, -0.25) is 0 Å². The molecule has 0 spiro atoms. The maximum absolute atomic E-state index is 11.6. The Morgan fingerprint density at radius 3 is 2.42 bits per heavy atom. The van der Waals surface area contributed by atoms with Crippen LogP contribution in [0.15, 0.2) is 11.8 Å². The van der Waals surface area contributed by atoms with Gasteiger partial charge in [-0.1, -0.05) is 41.0 Å². The molecule has 0 saturated carbocycles. The standard InChI is InChI=1S/C16H28O3/c1-7-10-16(6,15(3,4)5)13(8-2)19-12-9-11-18-14(12)17/h8,12H,7,9-11H2,1-6H3/b13-8-. The van der Waals surface area contributed by atoms with E-state index in [-0.39, 0.29) is 16.8 Å². The lowest BCUT2D eigenvalue weighted by molar-refractivity contribution is -0.146. The summed E-state index contributed by atoms with van der Waals surface area (Å²) in [6, 6.07) is 0. The van der Waals surface area contributed by atoms with E-state index in [0.29, 0.717) is 13.0 Å². The van der Waals surface area contributed by atoms with Crippen molar-refractivity contribution in [2.45, 2.75) is 66.9 Å². The maximum Gasteiger partial charge on any atom is 0.347 e. The molecule has 2 unspecified atom stereocenters. The van der Waals surface area contributed by atoms with E-state index >= 15 is 0 Å². The van der Waals surface area contributed by atoms with Crippen LogP contribution in [0.3, 0.4) is 0 Å². The van der Waals surface area contributed by atoms with E-state index in [9.17, 15) is 4.79 Å². The molecule has 0 bridgehead atoms. The van der Waals surface area contributed by atoms with E-state index in [0.717, 1.165) is 18.6 Å². The molecule has 19 heavy (non-hydrogen) atoms. The summed E-state index contributed by atoms with van der Waals surface area (Å²) >= 11 is 0. The second-order valence-electron chi connectivity index (χ2n) is 6.55. The largest absolute Gasteiger partial charge is 0.483 e. The Bertz CT molecular complexity index is 351. The molecular weight excluding hydrogens is 240 g/mol. The zero-order chi connectivity index (χ0) is 14.7. The first kappa shape index (κ1) is 16.1. The minimum absolute atomic E-state index is 0.0701. The molecule has 0 aromatic heterocycles. The molecule has 0 aromatic carbocycles. The Morgan fingerprint density at radius 1 is 1.42 bits per heavy atom. The summed E-state index contributed by atoms with van der Waals surface area (Å²) in [5.74, 6) is 0.692. The van der Waals surface area contributed by atoms with Gasteiger partial charge >= 0.3 is 5.97 Å². The molecule has 2 atom stereocenters. The van der Waals surface area contributed by atoms with Crippen molar-refractivity contribution in [1.29, 1.82) is 0 Å². The molecule has 1 rings (SSSR count). The average Bonchev–Trinajstić information content (AvgIpc) is 2.70. The summed E-state index contributed by atoms with van der Waals surface area (Å²) in [6.45, 7) is 13.5. The minimum Gasteiger partial charge on any atom is -0.483 e. The van der Waals surface area contributed by atoms with Gasteiger partial charge in [0.05, 0.1) is 12.4 Å². The molecule has 110 valence electrons. The second-order valence-corrected chi connectivity index (χ2v) is 6.55. The third kappa shape index (κ3) is 3.31. The quantitative estimate of drug-likeness (QED) is 0.557.